The lowest BCUT2D eigenvalue weighted by atomic mass is 9.90. The van der Waals surface area contributed by atoms with E-state index in [4.69, 9.17) is 0 Å². The average Bonchev–Trinajstić information content (AvgIpc) is 2.69. The van der Waals surface area contributed by atoms with Crippen LogP contribution >= 0.6 is 0 Å². The summed E-state index contributed by atoms with van der Waals surface area (Å²) in [5.41, 5.74) is 0. The van der Waals surface area contributed by atoms with Gasteiger partial charge in [0, 0.05) is 0 Å². The van der Waals surface area contributed by atoms with E-state index in [9.17, 15) is 0 Å². The molecule has 0 unspecified atom stereocenters. The van der Waals surface area contributed by atoms with Crippen LogP contribution in [-0.4, -0.2) is 49.1 Å². The number of likely N-dealkylation sites (tertiary alicyclic amines) is 2. The fourth-order valence-electron chi connectivity index (χ4n) is 4.09. The van der Waals surface area contributed by atoms with Gasteiger partial charge in [-0.05, 0) is 89.1 Å². The molecule has 0 bridgehead atoms. The average molecular weight is 369 g/mol. The molecule has 0 aromatic heterocycles. The van der Waals surface area contributed by atoms with Crippen molar-refractivity contribution in [2.24, 2.45) is 17.8 Å². The monoisotopic (exact) mass is 368 g/mol. The van der Waals surface area contributed by atoms with Crippen molar-refractivity contribution in [3.63, 3.8) is 0 Å². The summed E-state index contributed by atoms with van der Waals surface area (Å²) in [5, 5.41) is 0. The molecule has 2 heteroatoms. The van der Waals surface area contributed by atoms with Crippen molar-refractivity contribution >= 4 is 0 Å². The van der Waals surface area contributed by atoms with E-state index in [1.54, 1.807) is 0 Å². The lowest BCUT2D eigenvalue weighted by Gasteiger charge is -2.31. The molecular formula is C24H52N2. The zero-order chi connectivity index (χ0) is 19.8. The van der Waals surface area contributed by atoms with E-state index in [0.29, 0.717) is 0 Å². The van der Waals surface area contributed by atoms with Gasteiger partial charge in [0.2, 0.25) is 0 Å². The molecule has 2 fully saturated rings. The first-order valence-corrected chi connectivity index (χ1v) is 12.0. The van der Waals surface area contributed by atoms with E-state index in [1.807, 2.05) is 13.8 Å². The molecule has 2 aliphatic heterocycles. The van der Waals surface area contributed by atoms with Gasteiger partial charge in [-0.15, -0.1) is 0 Å². The van der Waals surface area contributed by atoms with Gasteiger partial charge in [0.05, 0.1) is 0 Å². The first-order valence-electron chi connectivity index (χ1n) is 12.0. The molecule has 2 rings (SSSR count). The molecule has 2 heterocycles. The summed E-state index contributed by atoms with van der Waals surface area (Å²) >= 11 is 0. The molecule has 158 valence electrons. The second-order valence-corrected chi connectivity index (χ2v) is 8.54. The van der Waals surface area contributed by atoms with E-state index in [1.165, 1.54) is 90.6 Å². The second-order valence-electron chi connectivity index (χ2n) is 8.54. The maximum atomic E-state index is 2.60. The van der Waals surface area contributed by atoms with Gasteiger partial charge < -0.3 is 9.80 Å². The lowest BCUT2D eigenvalue weighted by molar-refractivity contribution is 0.182. The van der Waals surface area contributed by atoms with Crippen LogP contribution in [0.15, 0.2) is 0 Å². The normalized spacial score (nSPS) is 20.3. The summed E-state index contributed by atoms with van der Waals surface area (Å²) in [6, 6.07) is 0. The third-order valence-electron chi connectivity index (χ3n) is 6.13. The van der Waals surface area contributed by atoms with Crippen molar-refractivity contribution < 1.29 is 0 Å². The first-order chi connectivity index (χ1) is 12.6. The van der Waals surface area contributed by atoms with Gasteiger partial charge >= 0.3 is 0 Å². The highest BCUT2D eigenvalue weighted by Gasteiger charge is 2.18. The Kier molecular flexibility index (Phi) is 17.0. The Morgan fingerprint density at radius 1 is 0.769 bits per heavy atom. The van der Waals surface area contributed by atoms with Crippen LogP contribution in [-0.2, 0) is 0 Å². The van der Waals surface area contributed by atoms with Crippen LogP contribution in [0, 0.1) is 17.8 Å². The molecule has 0 radical (unpaired) electrons. The molecule has 2 aliphatic rings. The molecule has 0 spiro atoms. The van der Waals surface area contributed by atoms with Gasteiger partial charge in [0.1, 0.15) is 0 Å². The third kappa shape index (κ3) is 12.3. The minimum atomic E-state index is 0.893. The summed E-state index contributed by atoms with van der Waals surface area (Å²) in [6.45, 7) is 23.5. The summed E-state index contributed by atoms with van der Waals surface area (Å²) < 4.78 is 0. The summed E-state index contributed by atoms with van der Waals surface area (Å²) in [7, 11) is 0. The second kappa shape index (κ2) is 17.0. The van der Waals surface area contributed by atoms with Crippen LogP contribution in [0.25, 0.3) is 0 Å². The molecule has 0 amide bonds. The van der Waals surface area contributed by atoms with Gasteiger partial charge in [-0.2, -0.15) is 0 Å². The van der Waals surface area contributed by atoms with Gasteiger partial charge in [-0.1, -0.05) is 67.7 Å². The van der Waals surface area contributed by atoms with Gasteiger partial charge in [0.15, 0.2) is 0 Å². The maximum absolute atomic E-state index is 2.60. The highest BCUT2D eigenvalue weighted by atomic mass is 15.1. The first kappa shape index (κ1) is 25.9. The minimum Gasteiger partial charge on any atom is -0.304 e. The van der Waals surface area contributed by atoms with Crippen molar-refractivity contribution in [2.75, 3.05) is 39.3 Å². The fraction of sp³-hybridized carbons (Fsp3) is 1.00. The molecule has 2 saturated heterocycles. The smallest absolute Gasteiger partial charge is 0.00161 e. The zero-order valence-electron chi connectivity index (χ0n) is 19.5. The van der Waals surface area contributed by atoms with Gasteiger partial charge in [-0.25, -0.2) is 0 Å². The largest absolute Gasteiger partial charge is 0.304 e. The molecular weight excluding hydrogens is 316 g/mol. The molecule has 0 aromatic rings. The third-order valence-corrected chi connectivity index (χ3v) is 6.13. The van der Waals surface area contributed by atoms with Crippen LogP contribution in [0.1, 0.15) is 99.8 Å². The van der Waals surface area contributed by atoms with E-state index in [-0.39, 0.29) is 0 Å². The molecule has 0 N–H and O–H groups in total. The topological polar surface area (TPSA) is 6.48 Å². The Labute approximate surface area is 167 Å². The Bertz CT molecular complexity index is 274. The molecule has 0 aromatic carbocycles. The molecule has 2 nitrogen and oxygen atoms in total. The summed E-state index contributed by atoms with van der Waals surface area (Å²) in [5.74, 6) is 2.96. The predicted octanol–water partition coefficient (Wildman–Crippen LogP) is 6.70. The number of nitrogens with zero attached hydrogens (tertiary/aromatic N) is 2. The maximum Gasteiger partial charge on any atom is -0.00161 e. The number of piperidine rings is 2. The van der Waals surface area contributed by atoms with Crippen molar-refractivity contribution in [2.45, 2.75) is 99.8 Å². The number of rotatable bonds is 7. The van der Waals surface area contributed by atoms with E-state index in [2.05, 4.69) is 44.4 Å². The van der Waals surface area contributed by atoms with Crippen molar-refractivity contribution in [3.8, 4) is 0 Å². The quantitative estimate of drug-likeness (QED) is 0.493. The number of hydrogen-bond donors (Lipinski definition) is 0. The van der Waals surface area contributed by atoms with Crippen LogP contribution in [0.4, 0.5) is 0 Å². The van der Waals surface area contributed by atoms with Crippen molar-refractivity contribution in [1.29, 1.82) is 0 Å². The fourth-order valence-corrected chi connectivity index (χ4v) is 4.09. The summed E-state index contributed by atoms with van der Waals surface area (Å²) in [4.78, 5) is 5.18. The number of hydrogen-bond acceptors (Lipinski definition) is 2. The standard InChI is InChI=1S/C12H25N.C10H21N.C2H6/c1-4-13-9-7-12(8-10-13)6-5-11(2)3;1-3-7-11-8-5-10(4-2)6-9-11;1-2/h11-12H,4-10H2,1-3H3;10H,3-9H2,1-2H3;1-2H3. The van der Waals surface area contributed by atoms with E-state index >= 15 is 0 Å². The van der Waals surface area contributed by atoms with Crippen molar-refractivity contribution in [3.05, 3.63) is 0 Å². The minimum absolute atomic E-state index is 0.893. The van der Waals surface area contributed by atoms with E-state index < -0.39 is 0 Å². The zero-order valence-corrected chi connectivity index (χ0v) is 19.5. The summed E-state index contributed by atoms with van der Waals surface area (Å²) in [6.07, 6.45) is 11.4. The van der Waals surface area contributed by atoms with Crippen LogP contribution in [0.3, 0.4) is 0 Å². The SMILES string of the molecule is CC.CCCN1CCC(CC)CC1.CCN1CCC(CCC(C)C)CC1. The Morgan fingerprint density at radius 2 is 1.27 bits per heavy atom. The van der Waals surface area contributed by atoms with Crippen molar-refractivity contribution in [1.82, 2.24) is 9.80 Å². The highest BCUT2D eigenvalue weighted by molar-refractivity contribution is 4.72. The van der Waals surface area contributed by atoms with Crippen LogP contribution < -0.4 is 0 Å². The Hall–Kier alpha value is -0.0800. The highest BCUT2D eigenvalue weighted by Crippen LogP contribution is 2.23. The van der Waals surface area contributed by atoms with Gasteiger partial charge in [-0.3, -0.25) is 0 Å². The van der Waals surface area contributed by atoms with E-state index in [0.717, 1.165) is 17.8 Å². The molecule has 0 atom stereocenters. The van der Waals surface area contributed by atoms with Gasteiger partial charge in [0.25, 0.3) is 0 Å². The molecule has 0 aliphatic carbocycles. The lowest BCUT2D eigenvalue weighted by Crippen LogP contribution is -2.33. The van der Waals surface area contributed by atoms with Crippen LogP contribution in [0.2, 0.25) is 0 Å². The Balaban J connectivity index is 0.000000444. The predicted molar refractivity (Wildman–Crippen MR) is 120 cm³/mol. The molecule has 26 heavy (non-hydrogen) atoms. The van der Waals surface area contributed by atoms with Crippen LogP contribution in [0.5, 0.6) is 0 Å². The Morgan fingerprint density at radius 3 is 1.69 bits per heavy atom. The molecule has 0 saturated carbocycles.